The van der Waals surface area contributed by atoms with Gasteiger partial charge in [0.2, 0.25) is 0 Å². The Labute approximate surface area is 322 Å². The van der Waals surface area contributed by atoms with Gasteiger partial charge in [-0.2, -0.15) is 0 Å². The van der Waals surface area contributed by atoms with Crippen molar-refractivity contribution in [3.05, 3.63) is 188 Å². The predicted octanol–water partition coefficient (Wildman–Crippen LogP) is 13.7. The normalized spacial score (nSPS) is 11.6. The minimum absolute atomic E-state index is 0.527. The summed E-state index contributed by atoms with van der Waals surface area (Å²) in [4.78, 5) is 15.5. The lowest BCUT2D eigenvalue weighted by molar-refractivity contribution is 0.669. The maximum absolute atomic E-state index is 7.15. The van der Waals surface area contributed by atoms with E-state index in [9.17, 15) is 0 Å². The highest BCUT2D eigenvalue weighted by Crippen LogP contribution is 2.46. The Hall–Kier alpha value is -7.63. The van der Waals surface area contributed by atoms with Crippen molar-refractivity contribution in [2.45, 2.75) is 0 Å². The van der Waals surface area contributed by atoms with Crippen molar-refractivity contribution in [2.75, 3.05) is 0 Å². The van der Waals surface area contributed by atoms with E-state index in [4.69, 9.17) is 23.8 Å². The zero-order chi connectivity index (χ0) is 37.0. The second-order valence-corrected chi connectivity index (χ2v) is 13.9. The van der Waals surface area contributed by atoms with Crippen LogP contribution in [0.25, 0.3) is 111 Å². The van der Waals surface area contributed by atoms with E-state index >= 15 is 0 Å². The van der Waals surface area contributed by atoms with Crippen molar-refractivity contribution < 1.29 is 8.83 Å². The fraction of sp³-hybridized carbons (Fsp3) is 0. The van der Waals surface area contributed by atoms with Gasteiger partial charge in [-0.15, -0.1) is 0 Å². The summed E-state index contributed by atoms with van der Waals surface area (Å²) in [5.74, 6) is 1.67. The third kappa shape index (κ3) is 5.37. The maximum atomic E-state index is 7.15. The lowest BCUT2D eigenvalue weighted by Crippen LogP contribution is -2.00. The first-order valence-corrected chi connectivity index (χ1v) is 18.7. The van der Waals surface area contributed by atoms with E-state index in [2.05, 4.69) is 115 Å². The minimum atomic E-state index is 0.527. The largest absolute Gasteiger partial charge is 0.456 e. The summed E-state index contributed by atoms with van der Waals surface area (Å²) in [6.07, 6.45) is 0. The summed E-state index contributed by atoms with van der Waals surface area (Å²) in [6.45, 7) is 0. The lowest BCUT2D eigenvalue weighted by atomic mass is 9.92. The van der Waals surface area contributed by atoms with Crippen LogP contribution in [0.2, 0.25) is 0 Å². The Kier molecular flexibility index (Phi) is 7.42. The van der Waals surface area contributed by atoms with E-state index < -0.39 is 0 Å². The van der Waals surface area contributed by atoms with Crippen LogP contribution in [-0.2, 0) is 0 Å². The highest BCUT2D eigenvalue weighted by atomic mass is 16.3. The fourth-order valence-corrected chi connectivity index (χ4v) is 7.85. The number of fused-ring (bicyclic) bond motifs is 6. The fourth-order valence-electron chi connectivity index (χ4n) is 7.85. The molecule has 0 unspecified atom stereocenters. The van der Waals surface area contributed by atoms with E-state index in [1.54, 1.807) is 0 Å². The molecule has 5 heteroatoms. The first-order chi connectivity index (χ1) is 27.7. The number of hydrogen-bond acceptors (Lipinski definition) is 5. The molecular weight excluding hydrogens is 687 g/mol. The average Bonchev–Trinajstić information content (AvgIpc) is 3.85. The first-order valence-electron chi connectivity index (χ1n) is 18.7. The molecule has 0 radical (unpaired) electrons. The minimum Gasteiger partial charge on any atom is -0.456 e. The summed E-state index contributed by atoms with van der Waals surface area (Å²) in [5, 5.41) is 4.09. The van der Waals surface area contributed by atoms with Crippen LogP contribution in [-0.4, -0.2) is 15.0 Å². The lowest BCUT2D eigenvalue weighted by Gasteiger charge is -2.11. The van der Waals surface area contributed by atoms with E-state index in [0.717, 1.165) is 93.9 Å². The van der Waals surface area contributed by atoms with Crippen molar-refractivity contribution >= 4 is 43.9 Å². The summed E-state index contributed by atoms with van der Waals surface area (Å²) in [5.41, 5.74) is 12.2. The summed E-state index contributed by atoms with van der Waals surface area (Å²) in [6, 6.07) is 64.5. The zero-order valence-corrected chi connectivity index (χ0v) is 30.1. The van der Waals surface area contributed by atoms with Gasteiger partial charge in [-0.1, -0.05) is 146 Å². The number of hydrogen-bond donors (Lipinski definition) is 0. The average molecular weight is 718 g/mol. The molecule has 262 valence electrons. The molecule has 0 saturated carbocycles. The molecule has 0 bridgehead atoms. The van der Waals surface area contributed by atoms with Gasteiger partial charge in [0.25, 0.3) is 0 Å². The molecule has 3 heterocycles. The van der Waals surface area contributed by atoms with Gasteiger partial charge in [0.1, 0.15) is 22.3 Å². The van der Waals surface area contributed by atoms with Crippen LogP contribution in [0.15, 0.2) is 197 Å². The van der Waals surface area contributed by atoms with E-state index in [0.29, 0.717) is 17.5 Å². The van der Waals surface area contributed by atoms with Gasteiger partial charge in [0.05, 0.1) is 5.56 Å². The molecule has 0 spiro atoms. The predicted molar refractivity (Wildman–Crippen MR) is 227 cm³/mol. The Bertz CT molecular complexity index is 3230. The summed E-state index contributed by atoms with van der Waals surface area (Å²) < 4.78 is 13.3. The molecule has 11 rings (SSSR count). The molecule has 8 aromatic carbocycles. The highest BCUT2D eigenvalue weighted by molar-refractivity contribution is 6.19. The third-order valence-electron chi connectivity index (χ3n) is 10.5. The van der Waals surface area contributed by atoms with Crippen LogP contribution < -0.4 is 0 Å². The number of benzene rings is 8. The summed E-state index contributed by atoms with van der Waals surface area (Å²) >= 11 is 0. The van der Waals surface area contributed by atoms with Gasteiger partial charge in [-0.3, -0.25) is 0 Å². The van der Waals surface area contributed by atoms with Gasteiger partial charge < -0.3 is 8.83 Å². The molecule has 0 aliphatic rings. The van der Waals surface area contributed by atoms with E-state index in [-0.39, 0.29) is 0 Å². The number of nitrogens with zero attached hydrogens (tertiary/aromatic N) is 3. The Morgan fingerprint density at radius 3 is 1.54 bits per heavy atom. The maximum Gasteiger partial charge on any atom is 0.167 e. The van der Waals surface area contributed by atoms with Crippen LogP contribution in [0.5, 0.6) is 0 Å². The van der Waals surface area contributed by atoms with Crippen molar-refractivity contribution in [2.24, 2.45) is 0 Å². The SMILES string of the molecule is c1ccc(-c2cc(-c3ccccc3)c3oc4c(-c5nc(-c6ccccc6)nc(-c6ccc7oc8ccccc8c7c6)n5)ccc(-c5ccccc5)c4c3c2)cc1. The second kappa shape index (κ2) is 13.0. The number of para-hydroxylation sites is 1. The molecule has 3 aromatic heterocycles. The van der Waals surface area contributed by atoms with Crippen molar-refractivity contribution in [3.63, 3.8) is 0 Å². The molecule has 0 amide bonds. The molecule has 11 aromatic rings. The smallest absolute Gasteiger partial charge is 0.167 e. The van der Waals surface area contributed by atoms with Crippen molar-refractivity contribution in [3.8, 4) is 67.5 Å². The van der Waals surface area contributed by atoms with Gasteiger partial charge >= 0.3 is 0 Å². The van der Waals surface area contributed by atoms with Crippen LogP contribution in [0.3, 0.4) is 0 Å². The molecule has 5 nitrogen and oxygen atoms in total. The zero-order valence-electron chi connectivity index (χ0n) is 30.1. The van der Waals surface area contributed by atoms with E-state index in [1.807, 2.05) is 72.8 Å². The highest BCUT2D eigenvalue weighted by Gasteiger charge is 2.23. The number of aromatic nitrogens is 3. The van der Waals surface area contributed by atoms with Gasteiger partial charge in [-0.05, 0) is 70.3 Å². The van der Waals surface area contributed by atoms with Crippen LogP contribution in [0.4, 0.5) is 0 Å². The number of furan rings is 2. The monoisotopic (exact) mass is 717 g/mol. The molecule has 0 aliphatic carbocycles. The molecule has 0 atom stereocenters. The molecular formula is C51H31N3O2. The van der Waals surface area contributed by atoms with Crippen LogP contribution >= 0.6 is 0 Å². The van der Waals surface area contributed by atoms with Gasteiger partial charge in [0, 0.05) is 38.2 Å². The van der Waals surface area contributed by atoms with Crippen molar-refractivity contribution in [1.29, 1.82) is 0 Å². The second-order valence-electron chi connectivity index (χ2n) is 13.9. The Balaban J connectivity index is 1.21. The molecule has 0 aliphatic heterocycles. The summed E-state index contributed by atoms with van der Waals surface area (Å²) in [7, 11) is 0. The molecule has 0 saturated heterocycles. The first kappa shape index (κ1) is 31.9. The number of rotatable bonds is 6. The Morgan fingerprint density at radius 1 is 0.286 bits per heavy atom. The quantitative estimate of drug-likeness (QED) is 0.171. The molecule has 56 heavy (non-hydrogen) atoms. The molecule has 0 fully saturated rings. The van der Waals surface area contributed by atoms with Crippen molar-refractivity contribution in [1.82, 2.24) is 15.0 Å². The van der Waals surface area contributed by atoms with E-state index in [1.165, 1.54) is 0 Å². The van der Waals surface area contributed by atoms with Gasteiger partial charge in [-0.25, -0.2) is 15.0 Å². The van der Waals surface area contributed by atoms with Crippen LogP contribution in [0, 0.1) is 0 Å². The standard InChI is InChI=1S/C51H31N3O2/c1-5-15-32(16-6-1)37-30-41(34-19-9-3-10-20-34)47-43(31-37)46-38(33-17-7-2-8-18-33)26-27-40(48(46)56-47)51-53-49(35-21-11-4-12-22-35)52-50(54-51)36-25-28-45-42(29-36)39-23-13-14-24-44(39)55-45/h1-31H. The van der Waals surface area contributed by atoms with Crippen LogP contribution in [0.1, 0.15) is 0 Å². The molecule has 0 N–H and O–H groups in total. The third-order valence-corrected chi connectivity index (χ3v) is 10.5. The topological polar surface area (TPSA) is 65.0 Å². The van der Waals surface area contributed by atoms with Gasteiger partial charge in [0.15, 0.2) is 17.5 Å². The Morgan fingerprint density at radius 2 is 0.821 bits per heavy atom.